The summed E-state index contributed by atoms with van der Waals surface area (Å²) >= 11 is 0. The Hall–Kier alpha value is -4.72. The molecule has 1 saturated carbocycles. The monoisotopic (exact) mass is 736 g/mol. The van der Waals surface area contributed by atoms with Crippen molar-refractivity contribution in [2.75, 3.05) is 13.6 Å². The van der Waals surface area contributed by atoms with Crippen molar-refractivity contribution >= 4 is 17.5 Å². The summed E-state index contributed by atoms with van der Waals surface area (Å²) in [6.45, 7) is 3.20. The van der Waals surface area contributed by atoms with Crippen LogP contribution in [0.15, 0.2) is 119 Å². The first kappa shape index (κ1) is 35.9. The van der Waals surface area contributed by atoms with Gasteiger partial charge in [-0.25, -0.2) is 9.59 Å². The molecule has 3 heterocycles. The van der Waals surface area contributed by atoms with Crippen LogP contribution in [0.3, 0.4) is 0 Å². The number of carbonyl (C=O) groups is 2. The maximum atomic E-state index is 14.7. The third-order valence-corrected chi connectivity index (χ3v) is 13.7. The van der Waals surface area contributed by atoms with E-state index in [2.05, 4.69) is 66.1 Å². The molecule has 0 amide bonds. The van der Waals surface area contributed by atoms with Crippen LogP contribution in [0.5, 0.6) is 5.75 Å². The third-order valence-electron chi connectivity index (χ3n) is 13.7. The van der Waals surface area contributed by atoms with Crippen LogP contribution < -0.4 is 10.6 Å². The highest BCUT2D eigenvalue weighted by atomic mass is 16.5. The van der Waals surface area contributed by atoms with Crippen LogP contribution in [-0.2, 0) is 25.5 Å². The van der Waals surface area contributed by atoms with Crippen LogP contribution in [0.2, 0.25) is 0 Å². The van der Waals surface area contributed by atoms with Gasteiger partial charge in [0.1, 0.15) is 17.3 Å². The van der Waals surface area contributed by atoms with Crippen LogP contribution in [0.4, 0.5) is 0 Å². The van der Waals surface area contributed by atoms with E-state index >= 15 is 0 Å². The van der Waals surface area contributed by atoms with Crippen molar-refractivity contribution in [3.8, 4) is 16.9 Å². The molecule has 3 aliphatic heterocycles. The van der Waals surface area contributed by atoms with E-state index < -0.39 is 5.41 Å². The highest BCUT2D eigenvalue weighted by Crippen LogP contribution is 2.72. The number of nitrogens with one attached hydrogen (secondary N) is 2. The van der Waals surface area contributed by atoms with Crippen molar-refractivity contribution < 1.29 is 24.2 Å². The SMILES string of the molecule is CCC(C=C1OC(=O)C2=C(c3cc(O)ccc3-c3ccccc3)C3CCC12C1C2=C(CCC31)C(=CCCC1CCNC(NC)C1)OC2=O)Cc1ccccc1. The molecule has 284 valence electrons. The first-order valence-corrected chi connectivity index (χ1v) is 20.6. The summed E-state index contributed by atoms with van der Waals surface area (Å²) in [6, 6.07) is 26.2. The number of phenolic OH excluding ortho intramolecular Hbond substituents is 1. The molecule has 3 aromatic rings. The number of phenols is 1. The molecule has 7 heteroatoms. The maximum Gasteiger partial charge on any atom is 0.340 e. The third kappa shape index (κ3) is 6.20. The molecule has 1 spiro atoms. The van der Waals surface area contributed by atoms with Crippen LogP contribution in [0.25, 0.3) is 16.7 Å². The number of aromatic hydroxyl groups is 1. The van der Waals surface area contributed by atoms with Gasteiger partial charge in [0.15, 0.2) is 0 Å². The molecular weight excluding hydrogens is 685 g/mol. The number of ether oxygens (including phenoxy) is 2. The molecule has 7 nitrogen and oxygen atoms in total. The second-order valence-electron chi connectivity index (χ2n) is 16.6. The van der Waals surface area contributed by atoms with Crippen molar-refractivity contribution in [2.24, 2.45) is 35.0 Å². The number of hydrogen-bond acceptors (Lipinski definition) is 7. The van der Waals surface area contributed by atoms with E-state index in [9.17, 15) is 14.7 Å². The Morgan fingerprint density at radius 3 is 2.53 bits per heavy atom. The maximum absolute atomic E-state index is 14.7. The van der Waals surface area contributed by atoms with Crippen molar-refractivity contribution in [1.29, 1.82) is 0 Å². The summed E-state index contributed by atoms with van der Waals surface area (Å²) in [6.07, 6.45) is 13.9. The van der Waals surface area contributed by atoms with E-state index in [4.69, 9.17) is 9.47 Å². The summed E-state index contributed by atoms with van der Waals surface area (Å²) < 4.78 is 12.8. The number of fused-ring (bicyclic) bond motifs is 1. The largest absolute Gasteiger partial charge is 0.508 e. The van der Waals surface area contributed by atoms with Crippen molar-refractivity contribution in [2.45, 2.75) is 77.3 Å². The van der Waals surface area contributed by atoms with E-state index in [1.54, 1.807) is 6.07 Å². The fraction of sp³-hybridized carbons (Fsp3) is 0.417. The van der Waals surface area contributed by atoms with Gasteiger partial charge in [-0.15, -0.1) is 0 Å². The van der Waals surface area contributed by atoms with E-state index in [1.165, 1.54) is 5.56 Å². The van der Waals surface area contributed by atoms with Gasteiger partial charge < -0.3 is 25.2 Å². The topological polar surface area (TPSA) is 96.9 Å². The Labute approximate surface area is 324 Å². The average Bonchev–Trinajstić information content (AvgIpc) is 3.70. The van der Waals surface area contributed by atoms with Gasteiger partial charge in [-0.1, -0.05) is 73.7 Å². The smallest absolute Gasteiger partial charge is 0.340 e. The lowest BCUT2D eigenvalue weighted by Gasteiger charge is -2.56. The molecule has 10 rings (SSSR count). The standard InChI is InChI=1S/C48H52N2O5/c1-3-29(25-30-11-6-4-7-12-30)26-40-48-23-21-35(42(45(48)47(53)55-40)38-28-33(51)17-18-34(38)32-14-8-5-9-15-32)36-19-20-37-39(54-46(52)43(37)44(36)48)16-10-13-31-22-24-50-41(27-31)49-2/h4-9,11-12,14-18,26,28-29,31,35-36,41,44,49-51H,3,10,13,19-25,27H2,1-2H3. The van der Waals surface area contributed by atoms with E-state index in [-0.39, 0.29) is 41.4 Å². The van der Waals surface area contributed by atoms with Crippen LogP contribution in [0, 0.1) is 35.0 Å². The number of carbonyl (C=O) groups excluding carboxylic acids is 2. The molecule has 7 aliphatic rings. The minimum absolute atomic E-state index is 0.0271. The first-order chi connectivity index (χ1) is 26.9. The molecule has 2 bridgehead atoms. The Bertz CT molecular complexity index is 2120. The van der Waals surface area contributed by atoms with Gasteiger partial charge in [-0.3, -0.25) is 0 Å². The normalized spacial score (nSPS) is 30.3. The number of hydrogen-bond donors (Lipinski definition) is 3. The summed E-state index contributed by atoms with van der Waals surface area (Å²) in [5.74, 6) is 1.69. The summed E-state index contributed by atoms with van der Waals surface area (Å²) in [5.41, 5.74) is 6.80. The second-order valence-corrected chi connectivity index (χ2v) is 16.6. The van der Waals surface area contributed by atoms with E-state index in [0.717, 1.165) is 110 Å². The Kier molecular flexibility index (Phi) is 9.63. The fourth-order valence-electron chi connectivity index (χ4n) is 11.2. The molecule has 0 aromatic heterocycles. The molecule has 4 aliphatic carbocycles. The zero-order chi connectivity index (χ0) is 37.7. The van der Waals surface area contributed by atoms with Crippen molar-refractivity contribution in [1.82, 2.24) is 10.6 Å². The Morgan fingerprint density at radius 2 is 1.75 bits per heavy atom. The number of esters is 2. The van der Waals surface area contributed by atoms with Gasteiger partial charge in [-0.05, 0) is 154 Å². The zero-order valence-electron chi connectivity index (χ0n) is 32.0. The highest BCUT2D eigenvalue weighted by Gasteiger charge is 2.68. The minimum atomic E-state index is -0.803. The number of rotatable bonds is 10. The van der Waals surface area contributed by atoms with Crippen LogP contribution >= 0.6 is 0 Å². The van der Waals surface area contributed by atoms with Gasteiger partial charge in [-0.2, -0.15) is 0 Å². The molecule has 3 N–H and O–H groups in total. The van der Waals surface area contributed by atoms with Crippen molar-refractivity contribution in [3.05, 3.63) is 130 Å². The first-order valence-electron chi connectivity index (χ1n) is 20.6. The van der Waals surface area contributed by atoms with Gasteiger partial charge in [0, 0.05) is 17.1 Å². The lowest BCUT2D eigenvalue weighted by Crippen LogP contribution is -2.52. The number of allylic oxidation sites excluding steroid dienone is 5. The van der Waals surface area contributed by atoms with Gasteiger partial charge in [0.25, 0.3) is 0 Å². The molecular formula is C48H52N2O5. The second kappa shape index (κ2) is 14.7. The van der Waals surface area contributed by atoms with E-state index in [1.807, 2.05) is 43.4 Å². The summed E-state index contributed by atoms with van der Waals surface area (Å²) in [7, 11) is 2.01. The zero-order valence-corrected chi connectivity index (χ0v) is 32.0. The molecule has 2 saturated heterocycles. The van der Waals surface area contributed by atoms with Gasteiger partial charge >= 0.3 is 11.9 Å². The predicted molar refractivity (Wildman–Crippen MR) is 214 cm³/mol. The van der Waals surface area contributed by atoms with E-state index in [0.29, 0.717) is 23.4 Å². The fourth-order valence-corrected chi connectivity index (χ4v) is 11.2. The molecule has 7 unspecified atom stereocenters. The highest BCUT2D eigenvalue weighted by molar-refractivity contribution is 6.07. The molecule has 55 heavy (non-hydrogen) atoms. The van der Waals surface area contributed by atoms with Gasteiger partial charge in [0.2, 0.25) is 0 Å². The quantitative estimate of drug-likeness (QED) is 0.179. The number of piperidine rings is 1. The lowest BCUT2D eigenvalue weighted by molar-refractivity contribution is -0.135. The van der Waals surface area contributed by atoms with Crippen LogP contribution in [-0.4, -0.2) is 36.8 Å². The van der Waals surface area contributed by atoms with Crippen molar-refractivity contribution in [3.63, 3.8) is 0 Å². The lowest BCUT2D eigenvalue weighted by atomic mass is 9.44. The minimum Gasteiger partial charge on any atom is -0.508 e. The number of cyclic esters (lactones) is 2. The Balaban J connectivity index is 1.18. The predicted octanol–water partition coefficient (Wildman–Crippen LogP) is 9.02. The number of benzene rings is 3. The molecule has 3 fully saturated rings. The summed E-state index contributed by atoms with van der Waals surface area (Å²) in [4.78, 5) is 29.0. The van der Waals surface area contributed by atoms with Crippen LogP contribution in [0.1, 0.15) is 75.8 Å². The molecule has 3 aromatic carbocycles. The average molecular weight is 737 g/mol. The van der Waals surface area contributed by atoms with Gasteiger partial charge in [0.05, 0.1) is 17.2 Å². The molecule has 7 atom stereocenters. The Morgan fingerprint density at radius 1 is 0.945 bits per heavy atom. The summed E-state index contributed by atoms with van der Waals surface area (Å²) in [5, 5.41) is 17.9. The molecule has 0 radical (unpaired) electrons.